The van der Waals surface area contributed by atoms with E-state index in [0.29, 0.717) is 47.3 Å². The number of piperazine rings is 1. The van der Waals surface area contributed by atoms with Crippen LogP contribution in [0.2, 0.25) is 5.02 Å². The molecule has 0 saturated carbocycles. The molecule has 9 heteroatoms. The smallest absolute Gasteiger partial charge is 0.263 e. The Morgan fingerprint density at radius 1 is 1.09 bits per heavy atom. The number of hydrogen-bond donors (Lipinski definition) is 1. The van der Waals surface area contributed by atoms with Crippen molar-refractivity contribution < 1.29 is 18.8 Å². The average molecular weight is 474 g/mol. The van der Waals surface area contributed by atoms with Crippen LogP contribution in [0.1, 0.15) is 27.0 Å². The van der Waals surface area contributed by atoms with Crippen LogP contribution in [0.5, 0.6) is 0 Å². The third-order valence-electron chi connectivity index (χ3n) is 5.47. The summed E-state index contributed by atoms with van der Waals surface area (Å²) in [6.45, 7) is 2.99. The SMILES string of the molecule is CC(=O)c1ccc(N2CCN(C(=O)CNC(=O)c3sc4ccccc4c3Cl)CC2)c(F)c1. The number of nitrogens with one attached hydrogen (secondary N) is 1. The van der Waals surface area contributed by atoms with Gasteiger partial charge in [-0.3, -0.25) is 14.4 Å². The van der Waals surface area contributed by atoms with E-state index < -0.39 is 5.82 Å². The van der Waals surface area contributed by atoms with Crippen LogP contribution < -0.4 is 10.2 Å². The molecule has 0 spiro atoms. The lowest BCUT2D eigenvalue weighted by Crippen LogP contribution is -2.51. The topological polar surface area (TPSA) is 69.7 Å². The van der Waals surface area contributed by atoms with Gasteiger partial charge in [0.25, 0.3) is 5.91 Å². The minimum atomic E-state index is -0.454. The van der Waals surface area contributed by atoms with Crippen molar-refractivity contribution in [2.75, 3.05) is 37.6 Å². The number of benzene rings is 2. The molecule has 3 aromatic rings. The van der Waals surface area contributed by atoms with Gasteiger partial charge in [-0.25, -0.2) is 4.39 Å². The summed E-state index contributed by atoms with van der Waals surface area (Å²) in [6.07, 6.45) is 0. The number of thiophene rings is 1. The van der Waals surface area contributed by atoms with Gasteiger partial charge in [-0.2, -0.15) is 0 Å². The second-order valence-electron chi connectivity index (χ2n) is 7.51. The summed E-state index contributed by atoms with van der Waals surface area (Å²) < 4.78 is 15.3. The Morgan fingerprint density at radius 2 is 1.81 bits per heavy atom. The van der Waals surface area contributed by atoms with Crippen LogP contribution in [0.3, 0.4) is 0 Å². The largest absolute Gasteiger partial charge is 0.366 e. The van der Waals surface area contributed by atoms with Gasteiger partial charge in [0.1, 0.15) is 10.7 Å². The standard InChI is InChI=1S/C23H21ClFN3O3S/c1-14(29)15-6-7-18(17(25)12-15)27-8-10-28(11-9-27)20(30)13-26-23(31)22-21(24)16-4-2-3-5-19(16)32-22/h2-7,12H,8-11,13H2,1H3,(H,26,31). The molecule has 0 radical (unpaired) electrons. The molecule has 2 amide bonds. The third-order valence-corrected chi connectivity index (χ3v) is 7.14. The maximum absolute atomic E-state index is 14.4. The first-order valence-electron chi connectivity index (χ1n) is 10.1. The number of anilines is 1. The first-order chi connectivity index (χ1) is 15.3. The summed E-state index contributed by atoms with van der Waals surface area (Å²) in [6, 6.07) is 11.9. The minimum Gasteiger partial charge on any atom is -0.366 e. The Labute approximate surface area is 193 Å². The molecule has 0 atom stereocenters. The van der Waals surface area contributed by atoms with Crippen molar-refractivity contribution in [3.05, 3.63) is 63.7 Å². The van der Waals surface area contributed by atoms with Crippen LogP contribution in [0, 0.1) is 5.82 Å². The molecule has 0 aliphatic carbocycles. The van der Waals surface area contributed by atoms with Crippen molar-refractivity contribution in [2.24, 2.45) is 0 Å². The van der Waals surface area contributed by atoms with Crippen LogP contribution in [-0.2, 0) is 4.79 Å². The maximum atomic E-state index is 14.4. The Kier molecular flexibility index (Phi) is 6.43. The summed E-state index contributed by atoms with van der Waals surface area (Å²) in [5.41, 5.74) is 0.740. The van der Waals surface area contributed by atoms with Crippen molar-refractivity contribution in [3.8, 4) is 0 Å². The summed E-state index contributed by atoms with van der Waals surface area (Å²) in [7, 11) is 0. The Hall–Kier alpha value is -2.97. The van der Waals surface area contributed by atoms with Crippen LogP contribution in [0.25, 0.3) is 10.1 Å². The molecule has 2 aromatic carbocycles. The van der Waals surface area contributed by atoms with E-state index in [9.17, 15) is 18.8 Å². The molecule has 1 fully saturated rings. The zero-order chi connectivity index (χ0) is 22.8. The molecule has 166 valence electrons. The van der Waals surface area contributed by atoms with Gasteiger partial charge in [0.05, 0.1) is 17.3 Å². The number of hydrogen-bond acceptors (Lipinski definition) is 5. The predicted octanol–water partition coefficient (Wildman–Crippen LogP) is 3.98. The van der Waals surface area contributed by atoms with Gasteiger partial charge in [-0.05, 0) is 31.2 Å². The van der Waals surface area contributed by atoms with E-state index in [1.54, 1.807) is 17.0 Å². The number of carbonyl (C=O) groups excluding carboxylic acids is 3. The second-order valence-corrected chi connectivity index (χ2v) is 8.94. The van der Waals surface area contributed by atoms with Crippen LogP contribution in [0.4, 0.5) is 10.1 Å². The Morgan fingerprint density at radius 3 is 2.47 bits per heavy atom. The molecule has 32 heavy (non-hydrogen) atoms. The molecular weight excluding hydrogens is 453 g/mol. The summed E-state index contributed by atoms with van der Waals surface area (Å²) in [5, 5.41) is 3.86. The second kappa shape index (κ2) is 9.26. The quantitative estimate of drug-likeness (QED) is 0.569. The number of amides is 2. The molecule has 0 unspecified atom stereocenters. The van der Waals surface area contributed by atoms with Crippen molar-refractivity contribution in [3.63, 3.8) is 0 Å². The van der Waals surface area contributed by atoms with Crippen LogP contribution >= 0.6 is 22.9 Å². The number of ketones is 1. The Bertz CT molecular complexity index is 1200. The zero-order valence-electron chi connectivity index (χ0n) is 17.4. The Balaban J connectivity index is 1.32. The van der Waals surface area contributed by atoms with E-state index in [4.69, 9.17) is 11.6 Å². The molecule has 1 aromatic heterocycles. The highest BCUT2D eigenvalue weighted by atomic mass is 35.5. The lowest BCUT2D eigenvalue weighted by molar-refractivity contribution is -0.130. The van der Waals surface area contributed by atoms with E-state index in [1.165, 1.54) is 24.3 Å². The van der Waals surface area contributed by atoms with Crippen molar-refractivity contribution in [1.82, 2.24) is 10.2 Å². The molecule has 1 aliphatic rings. The van der Waals surface area contributed by atoms with Gasteiger partial charge in [0.15, 0.2) is 5.78 Å². The summed E-state index contributed by atoms with van der Waals surface area (Å²) in [5.74, 6) is -1.23. The third kappa shape index (κ3) is 4.47. The number of nitrogens with zero attached hydrogens (tertiary/aromatic N) is 2. The van der Waals surface area contributed by atoms with Crippen molar-refractivity contribution >= 4 is 56.3 Å². The van der Waals surface area contributed by atoms with Gasteiger partial charge in [0, 0.05) is 41.8 Å². The molecule has 4 rings (SSSR count). The van der Waals surface area contributed by atoms with Gasteiger partial charge < -0.3 is 15.1 Å². The lowest BCUT2D eigenvalue weighted by atomic mass is 10.1. The number of rotatable bonds is 5. The van der Waals surface area contributed by atoms with Gasteiger partial charge in [-0.1, -0.05) is 29.8 Å². The highest BCUT2D eigenvalue weighted by Crippen LogP contribution is 2.35. The molecular formula is C23H21ClFN3O3S. The van der Waals surface area contributed by atoms with Crippen LogP contribution in [-0.4, -0.2) is 55.2 Å². The van der Waals surface area contributed by atoms with Crippen LogP contribution in [0.15, 0.2) is 42.5 Å². The fraction of sp³-hybridized carbons (Fsp3) is 0.261. The van der Waals surface area contributed by atoms with Crippen molar-refractivity contribution in [1.29, 1.82) is 0 Å². The summed E-state index contributed by atoms with van der Waals surface area (Å²) >= 11 is 7.62. The van der Waals surface area contributed by atoms with E-state index in [-0.39, 0.29) is 24.1 Å². The average Bonchev–Trinajstić information content (AvgIpc) is 3.14. The molecule has 6 nitrogen and oxygen atoms in total. The number of carbonyl (C=O) groups is 3. The number of fused-ring (bicyclic) bond motifs is 1. The molecule has 2 heterocycles. The van der Waals surface area contributed by atoms with Gasteiger partial charge >= 0.3 is 0 Å². The first-order valence-corrected chi connectivity index (χ1v) is 11.3. The van der Waals surface area contributed by atoms with E-state index in [0.717, 1.165) is 10.1 Å². The van der Waals surface area contributed by atoms with Gasteiger partial charge in [-0.15, -0.1) is 11.3 Å². The number of Topliss-reactive ketones (excluding diaryl/α,β-unsaturated/α-hetero) is 1. The molecule has 1 saturated heterocycles. The summed E-state index contributed by atoms with van der Waals surface area (Å²) in [4.78, 5) is 40.4. The lowest BCUT2D eigenvalue weighted by Gasteiger charge is -2.36. The monoisotopic (exact) mass is 473 g/mol. The van der Waals surface area contributed by atoms with Crippen molar-refractivity contribution in [2.45, 2.75) is 6.92 Å². The maximum Gasteiger partial charge on any atom is 0.263 e. The predicted molar refractivity (Wildman–Crippen MR) is 124 cm³/mol. The fourth-order valence-corrected chi connectivity index (χ4v) is 5.12. The molecule has 1 aliphatic heterocycles. The highest BCUT2D eigenvalue weighted by Gasteiger charge is 2.24. The van der Waals surface area contributed by atoms with E-state index >= 15 is 0 Å². The van der Waals surface area contributed by atoms with Gasteiger partial charge in [0.2, 0.25) is 5.91 Å². The van der Waals surface area contributed by atoms with E-state index in [1.807, 2.05) is 29.2 Å². The zero-order valence-corrected chi connectivity index (χ0v) is 18.9. The highest BCUT2D eigenvalue weighted by molar-refractivity contribution is 7.21. The minimum absolute atomic E-state index is 0.134. The number of halogens is 2. The fourth-order valence-electron chi connectivity index (χ4n) is 3.69. The molecule has 0 bridgehead atoms. The van der Waals surface area contributed by atoms with E-state index in [2.05, 4.69) is 5.32 Å². The first kappa shape index (κ1) is 22.2. The normalized spacial score (nSPS) is 14.0. The molecule has 1 N–H and O–H groups in total.